The van der Waals surface area contributed by atoms with Gasteiger partial charge in [0.05, 0.1) is 6.20 Å². The number of allylic oxidation sites excluding steroid dienone is 1. The molecule has 0 saturated carbocycles. The first-order valence-electron chi connectivity index (χ1n) is 9.37. The highest BCUT2D eigenvalue weighted by atomic mass is 19.1. The first kappa shape index (κ1) is 20.3. The van der Waals surface area contributed by atoms with Crippen LogP contribution in [-0.2, 0) is 4.79 Å². The summed E-state index contributed by atoms with van der Waals surface area (Å²) in [5.74, 6) is -3.32. The highest BCUT2D eigenvalue weighted by molar-refractivity contribution is 6.08. The number of nitrogens with one attached hydrogen (secondary N) is 2. The number of carboxylic acid groups (broad SMARTS) is 1. The van der Waals surface area contributed by atoms with E-state index in [2.05, 4.69) is 15.7 Å². The Bertz CT molecular complexity index is 1230. The molecule has 1 aliphatic heterocycles. The van der Waals surface area contributed by atoms with Crippen molar-refractivity contribution < 1.29 is 23.5 Å². The maximum absolute atomic E-state index is 14.4. The molecule has 0 aliphatic carbocycles. The first-order chi connectivity index (χ1) is 14.7. The summed E-state index contributed by atoms with van der Waals surface area (Å²) in [5, 5.41) is 19.1. The lowest BCUT2D eigenvalue weighted by Gasteiger charge is -2.24. The van der Waals surface area contributed by atoms with E-state index in [9.17, 15) is 23.5 Å². The van der Waals surface area contributed by atoms with Gasteiger partial charge in [0.15, 0.2) is 0 Å². The lowest BCUT2D eigenvalue weighted by Crippen LogP contribution is -2.26. The van der Waals surface area contributed by atoms with Gasteiger partial charge in [-0.25, -0.2) is 18.3 Å². The van der Waals surface area contributed by atoms with Gasteiger partial charge in [0.1, 0.15) is 34.8 Å². The molecule has 1 amide bonds. The molecule has 9 heteroatoms. The van der Waals surface area contributed by atoms with Crippen molar-refractivity contribution in [2.75, 3.05) is 10.6 Å². The predicted molar refractivity (Wildman–Crippen MR) is 110 cm³/mol. The van der Waals surface area contributed by atoms with Crippen molar-refractivity contribution >= 4 is 23.4 Å². The van der Waals surface area contributed by atoms with Crippen LogP contribution in [0.1, 0.15) is 33.1 Å². The Kier molecular flexibility index (Phi) is 5.02. The molecule has 1 aliphatic rings. The number of carbonyl (C=O) groups is 2. The van der Waals surface area contributed by atoms with Crippen LogP contribution in [0, 0.1) is 25.5 Å². The Morgan fingerprint density at radius 1 is 1.13 bits per heavy atom. The molecule has 2 heterocycles. The molecule has 158 valence electrons. The zero-order valence-electron chi connectivity index (χ0n) is 16.6. The Morgan fingerprint density at radius 2 is 1.84 bits per heavy atom. The second-order valence-corrected chi connectivity index (χ2v) is 7.30. The van der Waals surface area contributed by atoms with Crippen LogP contribution >= 0.6 is 0 Å². The summed E-state index contributed by atoms with van der Waals surface area (Å²) in [6, 6.07) is 7.59. The zero-order chi connectivity index (χ0) is 22.3. The van der Waals surface area contributed by atoms with E-state index < -0.39 is 29.6 Å². The largest absolute Gasteiger partial charge is 0.477 e. The topological polar surface area (TPSA) is 96.3 Å². The van der Waals surface area contributed by atoms with E-state index in [4.69, 9.17) is 0 Å². The maximum atomic E-state index is 14.4. The van der Waals surface area contributed by atoms with Gasteiger partial charge in [-0.05, 0) is 49.2 Å². The summed E-state index contributed by atoms with van der Waals surface area (Å²) in [6.45, 7) is 3.80. The number of hydrogen-bond donors (Lipinski definition) is 3. The summed E-state index contributed by atoms with van der Waals surface area (Å²) in [7, 11) is 0. The zero-order valence-corrected chi connectivity index (χ0v) is 16.6. The van der Waals surface area contributed by atoms with E-state index in [0.29, 0.717) is 11.8 Å². The average Bonchev–Trinajstić information content (AvgIpc) is 3.11. The lowest BCUT2D eigenvalue weighted by molar-refractivity contribution is -0.132. The summed E-state index contributed by atoms with van der Waals surface area (Å²) < 4.78 is 29.1. The Hall–Kier alpha value is -4.01. The van der Waals surface area contributed by atoms with Crippen molar-refractivity contribution in [1.29, 1.82) is 0 Å². The van der Waals surface area contributed by atoms with Gasteiger partial charge in [0, 0.05) is 17.3 Å². The smallest absolute Gasteiger partial charge is 0.352 e. The van der Waals surface area contributed by atoms with E-state index in [1.165, 1.54) is 23.0 Å². The fraction of sp³-hybridized carbons (Fsp3) is 0.136. The third-order valence-corrected chi connectivity index (χ3v) is 4.87. The third-order valence-electron chi connectivity index (χ3n) is 4.87. The SMILES string of the molecule is Cc1cc(C)cc(NC(=O)c2cnn3c2NC(C(=O)O)=CC3c2ccc(F)cc2F)c1. The number of carboxylic acids is 1. The molecule has 1 aromatic heterocycles. The fourth-order valence-electron chi connectivity index (χ4n) is 3.59. The number of benzene rings is 2. The van der Waals surface area contributed by atoms with Gasteiger partial charge >= 0.3 is 5.97 Å². The number of halogens is 2. The lowest BCUT2D eigenvalue weighted by atomic mass is 10.0. The summed E-state index contributed by atoms with van der Waals surface area (Å²) in [6.07, 6.45) is 2.53. The molecular weight excluding hydrogens is 406 g/mol. The molecule has 3 N–H and O–H groups in total. The molecule has 0 radical (unpaired) electrons. The standard InChI is InChI=1S/C22H18F2N4O3/c1-11-5-12(2)7-14(6-11)26-21(29)16-10-25-28-19(9-18(22(30)31)27-20(16)28)15-4-3-13(23)8-17(15)24/h3-10,19,27H,1-2H3,(H,26,29)(H,30,31). The number of aryl methyl sites for hydroxylation is 2. The van der Waals surface area contributed by atoms with Crippen molar-refractivity contribution in [3.05, 3.63) is 88.3 Å². The molecule has 0 bridgehead atoms. The number of amides is 1. The van der Waals surface area contributed by atoms with Gasteiger partial charge in [-0.3, -0.25) is 4.79 Å². The monoisotopic (exact) mass is 424 g/mol. The van der Waals surface area contributed by atoms with Crippen LogP contribution < -0.4 is 10.6 Å². The number of aliphatic carboxylic acids is 1. The van der Waals surface area contributed by atoms with Crippen LogP contribution in [-0.4, -0.2) is 26.8 Å². The van der Waals surface area contributed by atoms with E-state index in [1.807, 2.05) is 19.9 Å². The van der Waals surface area contributed by atoms with Crippen molar-refractivity contribution in [2.45, 2.75) is 19.9 Å². The maximum Gasteiger partial charge on any atom is 0.352 e. The normalized spacial score (nSPS) is 15.0. The van der Waals surface area contributed by atoms with E-state index >= 15 is 0 Å². The van der Waals surface area contributed by atoms with Crippen LogP contribution in [0.5, 0.6) is 0 Å². The summed E-state index contributed by atoms with van der Waals surface area (Å²) >= 11 is 0. The molecule has 31 heavy (non-hydrogen) atoms. The molecule has 3 aromatic rings. The molecule has 4 rings (SSSR count). The first-order valence-corrected chi connectivity index (χ1v) is 9.37. The minimum atomic E-state index is -1.29. The molecule has 1 unspecified atom stereocenters. The van der Waals surface area contributed by atoms with Crippen LogP contribution in [0.4, 0.5) is 20.3 Å². The Labute approximate surface area is 176 Å². The van der Waals surface area contributed by atoms with Crippen molar-refractivity contribution in [3.63, 3.8) is 0 Å². The summed E-state index contributed by atoms with van der Waals surface area (Å²) in [5.41, 5.74) is 2.36. The number of aromatic nitrogens is 2. The van der Waals surface area contributed by atoms with Crippen molar-refractivity contribution in [1.82, 2.24) is 9.78 Å². The van der Waals surface area contributed by atoms with Gasteiger partial charge in [-0.2, -0.15) is 5.10 Å². The molecule has 1 atom stereocenters. The van der Waals surface area contributed by atoms with Gasteiger partial charge in [-0.15, -0.1) is 0 Å². The minimum absolute atomic E-state index is 0.0206. The second kappa shape index (κ2) is 7.67. The van der Waals surface area contributed by atoms with Crippen LogP contribution in [0.25, 0.3) is 0 Å². The number of rotatable bonds is 4. The number of carbonyl (C=O) groups excluding carboxylic acids is 1. The number of nitrogens with zero attached hydrogens (tertiary/aromatic N) is 2. The van der Waals surface area contributed by atoms with E-state index in [-0.39, 0.29) is 22.6 Å². The van der Waals surface area contributed by atoms with Crippen molar-refractivity contribution in [3.8, 4) is 0 Å². The van der Waals surface area contributed by atoms with Crippen LogP contribution in [0.15, 0.2) is 54.4 Å². The molecule has 0 saturated heterocycles. The number of fused-ring (bicyclic) bond motifs is 1. The highest BCUT2D eigenvalue weighted by Gasteiger charge is 2.30. The molecule has 0 fully saturated rings. The van der Waals surface area contributed by atoms with Crippen molar-refractivity contribution in [2.24, 2.45) is 0 Å². The van der Waals surface area contributed by atoms with Crippen LogP contribution in [0.2, 0.25) is 0 Å². The number of anilines is 2. The van der Waals surface area contributed by atoms with Gasteiger partial charge in [-0.1, -0.05) is 12.1 Å². The average molecular weight is 424 g/mol. The quantitative estimate of drug-likeness (QED) is 0.588. The Balaban J connectivity index is 1.74. The molecule has 7 nitrogen and oxygen atoms in total. The third kappa shape index (κ3) is 3.89. The highest BCUT2D eigenvalue weighted by Crippen LogP contribution is 2.33. The molecule has 0 spiro atoms. The van der Waals surface area contributed by atoms with Gasteiger partial charge < -0.3 is 15.7 Å². The predicted octanol–water partition coefficient (Wildman–Crippen LogP) is 4.01. The summed E-state index contributed by atoms with van der Waals surface area (Å²) in [4.78, 5) is 24.5. The van der Waals surface area contributed by atoms with Crippen LogP contribution in [0.3, 0.4) is 0 Å². The second-order valence-electron chi connectivity index (χ2n) is 7.30. The Morgan fingerprint density at radius 3 is 2.48 bits per heavy atom. The molecular formula is C22H18F2N4O3. The molecule has 2 aromatic carbocycles. The number of hydrogen-bond acceptors (Lipinski definition) is 4. The van der Waals surface area contributed by atoms with Gasteiger partial charge in [0.2, 0.25) is 0 Å². The fourth-order valence-corrected chi connectivity index (χ4v) is 3.59. The van der Waals surface area contributed by atoms with Gasteiger partial charge in [0.25, 0.3) is 5.91 Å². The van der Waals surface area contributed by atoms with E-state index in [1.54, 1.807) is 12.1 Å². The van der Waals surface area contributed by atoms with E-state index in [0.717, 1.165) is 17.2 Å². The minimum Gasteiger partial charge on any atom is -0.477 e.